The molecule has 0 bridgehead atoms. The minimum Gasteiger partial charge on any atom is -0.479 e. The Morgan fingerprint density at radius 1 is 1.16 bits per heavy atom. The number of aliphatic carboxylic acids is 2. The molecule has 1 amide bonds. The minimum absolute atomic E-state index is 0.0229. The number of piperidine rings is 1. The average molecular weight is 672 g/mol. The molecule has 244 valence electrons. The molecule has 0 aromatic carbocycles. The van der Waals surface area contributed by atoms with Crippen LogP contribution in [0.5, 0.6) is 0 Å². The Balaban J connectivity index is 0.000000399. The van der Waals surface area contributed by atoms with Gasteiger partial charge in [-0.3, -0.25) is 9.69 Å². The number of fused-ring (bicyclic) bond motifs is 2. The van der Waals surface area contributed by atoms with Crippen molar-refractivity contribution in [3.8, 4) is 5.82 Å². The molecule has 5 heterocycles. The quantitative estimate of drug-likeness (QED) is 0.237. The van der Waals surface area contributed by atoms with E-state index in [1.165, 1.54) is 24.3 Å². The van der Waals surface area contributed by atoms with Gasteiger partial charge >= 0.3 is 11.9 Å². The molecule has 2 aliphatic rings. The van der Waals surface area contributed by atoms with E-state index in [1.807, 2.05) is 25.3 Å². The number of pyridine rings is 1. The first-order valence-electron chi connectivity index (χ1n) is 13.7. The van der Waals surface area contributed by atoms with E-state index in [4.69, 9.17) is 36.8 Å². The fourth-order valence-corrected chi connectivity index (χ4v) is 6.53. The minimum atomic E-state index is -3.00. The lowest BCUT2D eigenvalue weighted by Crippen LogP contribution is -2.48. The predicted molar refractivity (Wildman–Crippen MR) is 156 cm³/mol. The summed E-state index contributed by atoms with van der Waals surface area (Å²) in [6.07, 6.45) is 0.387. The Hall–Kier alpha value is -3.54. The number of hydrogen-bond donors (Lipinski definition) is 5. The SMILES string of the molecule is CC(=O)NCc1cccnc1-n1cc(CN2CCC3(CC2)OCC(F)(F)c2cc(Cl)sc23)c(C)n1.O=C(O)[C@H](O)[C@@H](O)C(=O)O. The molecule has 1 saturated heterocycles. The molecule has 5 rings (SSSR count). The van der Waals surface area contributed by atoms with Gasteiger partial charge in [0.05, 0.1) is 10.0 Å². The number of halogens is 3. The summed E-state index contributed by atoms with van der Waals surface area (Å²) in [4.78, 5) is 38.2. The van der Waals surface area contributed by atoms with E-state index in [0.29, 0.717) is 54.1 Å². The summed E-state index contributed by atoms with van der Waals surface area (Å²) < 4.78 is 36.7. The van der Waals surface area contributed by atoms with Crippen LogP contribution in [0.1, 0.15) is 47.0 Å². The fraction of sp³-hybridized carbons (Fsp3) is 0.464. The van der Waals surface area contributed by atoms with Crippen LogP contribution < -0.4 is 5.32 Å². The molecule has 45 heavy (non-hydrogen) atoms. The van der Waals surface area contributed by atoms with Gasteiger partial charge in [-0.2, -0.15) is 13.9 Å². The largest absolute Gasteiger partial charge is 0.479 e. The van der Waals surface area contributed by atoms with E-state index in [-0.39, 0.29) is 11.5 Å². The molecular weight excluding hydrogens is 640 g/mol. The van der Waals surface area contributed by atoms with Crippen molar-refractivity contribution in [2.24, 2.45) is 0 Å². The number of thiophene rings is 1. The maximum atomic E-state index is 14.4. The Morgan fingerprint density at radius 3 is 2.40 bits per heavy atom. The van der Waals surface area contributed by atoms with Crippen LogP contribution in [-0.4, -0.2) is 89.8 Å². The monoisotopic (exact) mass is 671 g/mol. The molecular formula is C28H32ClF2N5O8S. The second-order valence-electron chi connectivity index (χ2n) is 10.7. The highest BCUT2D eigenvalue weighted by atomic mass is 35.5. The maximum Gasteiger partial charge on any atom is 0.335 e. The number of aryl methyl sites for hydroxylation is 1. The summed E-state index contributed by atoms with van der Waals surface area (Å²) in [5.41, 5.74) is 2.15. The van der Waals surface area contributed by atoms with Crippen LogP contribution >= 0.6 is 22.9 Å². The smallest absolute Gasteiger partial charge is 0.335 e. The molecule has 0 unspecified atom stereocenters. The first kappa shape index (κ1) is 34.3. The van der Waals surface area contributed by atoms with Crippen molar-refractivity contribution in [2.75, 3.05) is 19.7 Å². The number of carbonyl (C=O) groups excluding carboxylic acids is 1. The van der Waals surface area contributed by atoms with Gasteiger partial charge in [-0.25, -0.2) is 19.3 Å². The number of carboxylic acids is 2. The molecule has 3 aromatic rings. The van der Waals surface area contributed by atoms with Gasteiger partial charge in [0.1, 0.15) is 12.2 Å². The third-order valence-electron chi connectivity index (χ3n) is 7.52. The number of rotatable bonds is 8. The molecule has 2 atom stereocenters. The zero-order valence-electron chi connectivity index (χ0n) is 24.2. The molecule has 0 radical (unpaired) electrons. The number of aromatic nitrogens is 3. The number of nitrogens with one attached hydrogen (secondary N) is 1. The molecule has 1 fully saturated rings. The number of nitrogens with zero attached hydrogens (tertiary/aromatic N) is 4. The normalized spacial score (nSPS) is 18.3. The molecule has 0 aliphatic carbocycles. The van der Waals surface area contributed by atoms with Crippen molar-refractivity contribution in [2.45, 2.75) is 63.5 Å². The van der Waals surface area contributed by atoms with Crippen molar-refractivity contribution < 1.29 is 48.3 Å². The van der Waals surface area contributed by atoms with Crippen molar-refractivity contribution >= 4 is 40.8 Å². The molecule has 13 nitrogen and oxygen atoms in total. The van der Waals surface area contributed by atoms with E-state index >= 15 is 0 Å². The second-order valence-corrected chi connectivity index (χ2v) is 12.4. The number of aliphatic hydroxyl groups is 2. The van der Waals surface area contributed by atoms with E-state index < -0.39 is 42.3 Å². The van der Waals surface area contributed by atoms with Crippen molar-refractivity contribution in [3.05, 3.63) is 62.2 Å². The third-order valence-corrected chi connectivity index (χ3v) is 8.96. The van der Waals surface area contributed by atoms with Crippen molar-refractivity contribution in [1.82, 2.24) is 25.0 Å². The zero-order valence-corrected chi connectivity index (χ0v) is 25.8. The van der Waals surface area contributed by atoms with Gasteiger partial charge in [0.25, 0.3) is 5.92 Å². The van der Waals surface area contributed by atoms with Gasteiger partial charge in [0.2, 0.25) is 5.91 Å². The summed E-state index contributed by atoms with van der Waals surface area (Å²) in [7, 11) is 0. The molecule has 5 N–H and O–H groups in total. The van der Waals surface area contributed by atoms with Gasteiger partial charge in [-0.1, -0.05) is 17.7 Å². The number of likely N-dealkylation sites (tertiary alicyclic amines) is 1. The van der Waals surface area contributed by atoms with E-state index in [1.54, 1.807) is 10.9 Å². The summed E-state index contributed by atoms with van der Waals surface area (Å²) in [6.45, 7) is 5.31. The molecule has 2 aliphatic heterocycles. The molecule has 3 aromatic heterocycles. The molecule has 0 saturated carbocycles. The lowest BCUT2D eigenvalue weighted by atomic mass is 9.84. The summed E-state index contributed by atoms with van der Waals surface area (Å²) in [5.74, 6) is -5.98. The number of alkyl halides is 2. The number of amides is 1. The van der Waals surface area contributed by atoms with Crippen LogP contribution in [0.4, 0.5) is 8.78 Å². The van der Waals surface area contributed by atoms with Crippen molar-refractivity contribution in [3.63, 3.8) is 0 Å². The zero-order chi connectivity index (χ0) is 33.1. The number of carboxylic acid groups (broad SMARTS) is 2. The summed E-state index contributed by atoms with van der Waals surface area (Å²) in [6, 6.07) is 5.14. The average Bonchev–Trinajstić information content (AvgIpc) is 3.58. The highest BCUT2D eigenvalue weighted by Gasteiger charge is 2.51. The first-order valence-corrected chi connectivity index (χ1v) is 14.9. The lowest BCUT2D eigenvalue weighted by molar-refractivity contribution is -0.182. The Morgan fingerprint density at radius 2 is 1.80 bits per heavy atom. The van der Waals surface area contributed by atoms with Crippen LogP contribution in [0, 0.1) is 6.92 Å². The number of hydrogen-bond acceptors (Lipinski definition) is 10. The standard InChI is InChI=1S/C24H26ClF2N5O2S.C4H6O6/c1-15-18(13-32(30-15)22-17(4-3-7-28-22)11-29-16(2)33)12-31-8-5-23(6-9-31)21-19(10-20(25)35-21)24(26,27)14-34-23;5-1(3(7)8)2(6)4(9)10/h3-4,7,10,13H,5-6,8-9,11-12,14H2,1-2H3,(H,29,33);1-2,5-6H,(H,7,8)(H,9,10)/t;1-,2-/m.1/s1. The Bertz CT molecular complexity index is 1540. The van der Waals surface area contributed by atoms with Gasteiger partial charge in [-0.15, -0.1) is 11.3 Å². The van der Waals surface area contributed by atoms with E-state index in [9.17, 15) is 23.2 Å². The number of aliphatic hydroxyl groups excluding tert-OH is 2. The lowest BCUT2D eigenvalue weighted by Gasteiger charge is -2.45. The number of ether oxygens (including phenoxy) is 1. The van der Waals surface area contributed by atoms with Crippen molar-refractivity contribution in [1.29, 1.82) is 0 Å². The molecule has 17 heteroatoms. The van der Waals surface area contributed by atoms with Gasteiger partial charge < -0.3 is 30.5 Å². The second kappa shape index (κ2) is 13.8. The van der Waals surface area contributed by atoms with Crippen LogP contribution in [0.3, 0.4) is 0 Å². The van der Waals surface area contributed by atoms with Crippen LogP contribution in [0.2, 0.25) is 4.34 Å². The van der Waals surface area contributed by atoms with E-state index in [2.05, 4.69) is 20.3 Å². The van der Waals surface area contributed by atoms with E-state index in [0.717, 1.165) is 16.8 Å². The first-order chi connectivity index (χ1) is 21.1. The van der Waals surface area contributed by atoms with Crippen LogP contribution in [-0.2, 0) is 43.7 Å². The Labute approximate surface area is 265 Å². The van der Waals surface area contributed by atoms with Crippen LogP contribution in [0.15, 0.2) is 30.6 Å². The Kier molecular flexibility index (Phi) is 10.6. The highest BCUT2D eigenvalue weighted by molar-refractivity contribution is 7.16. The van der Waals surface area contributed by atoms with Crippen LogP contribution in [0.25, 0.3) is 5.82 Å². The topological polar surface area (TPSA) is 187 Å². The number of carbonyl (C=O) groups is 3. The van der Waals surface area contributed by atoms with Gasteiger partial charge in [0, 0.05) is 67.1 Å². The van der Waals surface area contributed by atoms with Gasteiger partial charge in [-0.05, 0) is 31.9 Å². The maximum absolute atomic E-state index is 14.4. The third kappa shape index (κ3) is 7.82. The molecule has 1 spiro atoms. The summed E-state index contributed by atoms with van der Waals surface area (Å²) >= 11 is 7.33. The highest BCUT2D eigenvalue weighted by Crippen LogP contribution is 2.52. The van der Waals surface area contributed by atoms with Gasteiger partial charge in [0.15, 0.2) is 18.0 Å². The predicted octanol–water partition coefficient (Wildman–Crippen LogP) is 2.42. The summed E-state index contributed by atoms with van der Waals surface area (Å²) in [5, 5.41) is 40.0. The fourth-order valence-electron chi connectivity index (χ4n) is 5.05.